The first-order valence-corrected chi connectivity index (χ1v) is 10.7. The smallest absolute Gasteiger partial charge is 0.256 e. The van der Waals surface area contributed by atoms with Crippen LogP contribution in [0, 0.1) is 5.82 Å². The Bertz CT molecular complexity index is 1270. The molecule has 10 heteroatoms. The van der Waals surface area contributed by atoms with Crippen LogP contribution < -0.4 is 4.74 Å². The second-order valence-corrected chi connectivity index (χ2v) is 7.52. The third-order valence-corrected chi connectivity index (χ3v) is 5.49. The van der Waals surface area contributed by atoms with Gasteiger partial charge in [0.15, 0.2) is 0 Å². The van der Waals surface area contributed by atoms with E-state index in [0.29, 0.717) is 48.3 Å². The molecule has 1 aliphatic rings. The number of amides is 1. The number of hydrogen-bond donors (Lipinski definition) is 0. The first-order chi connectivity index (χ1) is 16.2. The molecule has 1 saturated heterocycles. The number of nitrogens with zero attached hydrogens (tertiary/aromatic N) is 6. The zero-order chi connectivity index (χ0) is 22.8. The van der Waals surface area contributed by atoms with Gasteiger partial charge in [-0.25, -0.2) is 4.39 Å². The average Bonchev–Trinajstić information content (AvgIpc) is 3.60. The molecule has 2 aromatic carbocycles. The second-order valence-electron chi connectivity index (χ2n) is 7.52. The van der Waals surface area contributed by atoms with E-state index in [0.717, 1.165) is 6.42 Å². The molecular formula is C23H21FN6O3. The maximum absolute atomic E-state index is 14.1. The maximum atomic E-state index is 14.1. The molecular weight excluding hydrogens is 427 g/mol. The molecule has 0 bridgehead atoms. The van der Waals surface area contributed by atoms with Crippen LogP contribution in [-0.2, 0) is 0 Å². The van der Waals surface area contributed by atoms with Crippen molar-refractivity contribution in [3.8, 4) is 22.8 Å². The molecule has 0 N–H and O–H groups in total. The minimum Gasteiger partial charge on any atom is -0.493 e. The SMILES string of the molecule is CCOc1ccccc1-c1noc(C2CCCN2C(=O)c2cc(F)ccc2-n2nccn2)n1. The molecule has 0 spiro atoms. The average molecular weight is 448 g/mol. The fourth-order valence-electron chi connectivity index (χ4n) is 4.03. The van der Waals surface area contributed by atoms with Gasteiger partial charge >= 0.3 is 0 Å². The van der Waals surface area contributed by atoms with Crippen molar-refractivity contribution in [3.05, 3.63) is 72.1 Å². The van der Waals surface area contributed by atoms with E-state index >= 15 is 0 Å². The van der Waals surface area contributed by atoms with E-state index in [-0.39, 0.29) is 11.5 Å². The predicted octanol–water partition coefficient (Wildman–Crippen LogP) is 3.83. The molecule has 1 unspecified atom stereocenters. The molecule has 1 fully saturated rings. The Kier molecular flexibility index (Phi) is 5.55. The number of carbonyl (C=O) groups is 1. The van der Waals surface area contributed by atoms with Crippen LogP contribution in [-0.4, -0.2) is 49.1 Å². The molecule has 1 atom stereocenters. The van der Waals surface area contributed by atoms with Crippen LogP contribution in [0.25, 0.3) is 17.1 Å². The summed E-state index contributed by atoms with van der Waals surface area (Å²) in [6.45, 7) is 2.90. The topological polar surface area (TPSA) is 99.2 Å². The van der Waals surface area contributed by atoms with Crippen LogP contribution >= 0.6 is 0 Å². The van der Waals surface area contributed by atoms with E-state index in [2.05, 4.69) is 20.3 Å². The Balaban J connectivity index is 1.46. The van der Waals surface area contributed by atoms with Crippen LogP contribution in [0.1, 0.15) is 42.1 Å². The number of likely N-dealkylation sites (tertiary alicyclic amines) is 1. The number of halogens is 1. The fourth-order valence-corrected chi connectivity index (χ4v) is 4.03. The highest BCUT2D eigenvalue weighted by molar-refractivity contribution is 5.98. The van der Waals surface area contributed by atoms with Gasteiger partial charge in [0, 0.05) is 6.54 Å². The summed E-state index contributed by atoms with van der Waals surface area (Å²) in [6.07, 6.45) is 4.41. The van der Waals surface area contributed by atoms with Crippen molar-refractivity contribution in [2.75, 3.05) is 13.2 Å². The van der Waals surface area contributed by atoms with Crippen LogP contribution in [0.15, 0.2) is 59.4 Å². The Morgan fingerprint density at radius 2 is 2.03 bits per heavy atom. The molecule has 0 saturated carbocycles. The lowest BCUT2D eigenvalue weighted by atomic mass is 10.1. The number of para-hydroxylation sites is 1. The van der Waals surface area contributed by atoms with E-state index < -0.39 is 11.9 Å². The largest absolute Gasteiger partial charge is 0.493 e. The lowest BCUT2D eigenvalue weighted by Crippen LogP contribution is -2.31. The van der Waals surface area contributed by atoms with Gasteiger partial charge in [0.25, 0.3) is 5.91 Å². The summed E-state index contributed by atoms with van der Waals surface area (Å²) in [6, 6.07) is 11.0. The van der Waals surface area contributed by atoms with Gasteiger partial charge in [-0.1, -0.05) is 17.3 Å². The van der Waals surface area contributed by atoms with Gasteiger partial charge in [-0.05, 0) is 50.1 Å². The fraction of sp³-hybridized carbons (Fsp3) is 0.261. The van der Waals surface area contributed by atoms with Crippen molar-refractivity contribution in [2.45, 2.75) is 25.8 Å². The molecule has 33 heavy (non-hydrogen) atoms. The molecule has 2 aromatic heterocycles. The van der Waals surface area contributed by atoms with E-state index in [1.807, 2.05) is 31.2 Å². The first-order valence-electron chi connectivity index (χ1n) is 10.7. The summed E-state index contributed by atoms with van der Waals surface area (Å²) in [7, 11) is 0. The van der Waals surface area contributed by atoms with Gasteiger partial charge in [0.1, 0.15) is 17.6 Å². The standard InChI is InChI=1S/C23H21FN6O3/c1-2-32-20-8-4-3-6-16(20)21-27-22(33-28-21)19-7-5-13-29(19)23(31)17-14-15(24)9-10-18(17)30-25-11-12-26-30/h3-4,6,8-12,14,19H,2,5,7,13H2,1H3. The molecule has 1 amide bonds. The minimum atomic E-state index is -0.516. The third-order valence-electron chi connectivity index (χ3n) is 5.49. The van der Waals surface area contributed by atoms with Crippen molar-refractivity contribution in [1.82, 2.24) is 30.0 Å². The van der Waals surface area contributed by atoms with Crippen LogP contribution in [0.5, 0.6) is 5.75 Å². The summed E-state index contributed by atoms with van der Waals surface area (Å²) in [4.78, 5) is 21.0. The molecule has 5 rings (SSSR count). The highest BCUT2D eigenvalue weighted by atomic mass is 19.1. The zero-order valence-corrected chi connectivity index (χ0v) is 17.9. The third kappa shape index (κ3) is 3.95. The van der Waals surface area contributed by atoms with Crippen LogP contribution in [0.3, 0.4) is 0 Å². The van der Waals surface area contributed by atoms with Gasteiger partial charge < -0.3 is 14.2 Å². The molecule has 1 aliphatic heterocycles. The molecule has 3 heterocycles. The van der Waals surface area contributed by atoms with E-state index in [1.165, 1.54) is 35.4 Å². The van der Waals surface area contributed by atoms with Crippen LogP contribution in [0.2, 0.25) is 0 Å². The lowest BCUT2D eigenvalue weighted by Gasteiger charge is -2.23. The van der Waals surface area contributed by atoms with E-state index in [4.69, 9.17) is 9.26 Å². The quantitative estimate of drug-likeness (QED) is 0.442. The normalized spacial score (nSPS) is 15.7. The Morgan fingerprint density at radius 3 is 2.85 bits per heavy atom. The van der Waals surface area contributed by atoms with Crippen LogP contribution in [0.4, 0.5) is 4.39 Å². The molecule has 4 aromatic rings. The van der Waals surface area contributed by atoms with Crippen molar-refractivity contribution >= 4 is 5.91 Å². The minimum absolute atomic E-state index is 0.166. The van der Waals surface area contributed by atoms with Gasteiger partial charge in [-0.15, -0.1) is 0 Å². The van der Waals surface area contributed by atoms with Crippen molar-refractivity contribution in [1.29, 1.82) is 0 Å². The molecule has 9 nitrogen and oxygen atoms in total. The lowest BCUT2D eigenvalue weighted by molar-refractivity contribution is 0.0709. The Morgan fingerprint density at radius 1 is 1.21 bits per heavy atom. The summed E-state index contributed by atoms with van der Waals surface area (Å²) in [5, 5.41) is 12.3. The number of hydrogen-bond acceptors (Lipinski definition) is 7. The van der Waals surface area contributed by atoms with E-state index in [9.17, 15) is 9.18 Å². The van der Waals surface area contributed by atoms with Gasteiger partial charge in [-0.2, -0.15) is 20.0 Å². The summed E-state index contributed by atoms with van der Waals surface area (Å²) < 4.78 is 25.3. The molecule has 0 aliphatic carbocycles. The van der Waals surface area contributed by atoms with Crippen molar-refractivity contribution in [3.63, 3.8) is 0 Å². The summed E-state index contributed by atoms with van der Waals surface area (Å²) in [5.41, 5.74) is 1.27. The number of carbonyl (C=O) groups excluding carboxylic acids is 1. The van der Waals surface area contributed by atoms with Gasteiger partial charge in [0.05, 0.1) is 35.8 Å². The number of benzene rings is 2. The number of rotatable bonds is 6. The zero-order valence-electron chi connectivity index (χ0n) is 17.9. The van der Waals surface area contributed by atoms with E-state index in [1.54, 1.807) is 4.90 Å². The predicted molar refractivity (Wildman–Crippen MR) is 115 cm³/mol. The molecule has 0 radical (unpaired) electrons. The summed E-state index contributed by atoms with van der Waals surface area (Å²) in [5.74, 6) is 0.511. The number of aromatic nitrogens is 5. The maximum Gasteiger partial charge on any atom is 0.256 e. The first kappa shape index (κ1) is 20.8. The molecule has 168 valence electrons. The second kappa shape index (κ2) is 8.81. The van der Waals surface area contributed by atoms with Crippen molar-refractivity contribution in [2.24, 2.45) is 0 Å². The highest BCUT2D eigenvalue weighted by Crippen LogP contribution is 2.35. The highest BCUT2D eigenvalue weighted by Gasteiger charge is 2.36. The Hall–Kier alpha value is -4.08. The number of ether oxygens (including phenoxy) is 1. The monoisotopic (exact) mass is 448 g/mol. The Labute approximate surface area is 188 Å². The van der Waals surface area contributed by atoms with Gasteiger partial charge in [0.2, 0.25) is 11.7 Å². The van der Waals surface area contributed by atoms with Gasteiger partial charge in [-0.3, -0.25) is 4.79 Å². The van der Waals surface area contributed by atoms with Crippen molar-refractivity contribution < 1.29 is 18.4 Å². The summed E-state index contributed by atoms with van der Waals surface area (Å²) >= 11 is 0.